The Morgan fingerprint density at radius 3 is 1.90 bits per heavy atom. The molecule has 0 spiro atoms. The summed E-state index contributed by atoms with van der Waals surface area (Å²) in [7, 11) is 2.68. The van der Waals surface area contributed by atoms with Gasteiger partial charge in [0.15, 0.2) is 0 Å². The summed E-state index contributed by atoms with van der Waals surface area (Å²) in [4.78, 5) is 10.2. The average molecular weight is 149 g/mol. The minimum Gasteiger partial charge on any atom is -0.392 e. The highest BCUT2D eigenvalue weighted by atomic mass is 16.9. The number of nitrogens with two attached hydrogens (primary N) is 1. The Morgan fingerprint density at radius 1 is 1.40 bits per heavy atom. The quantitative estimate of drug-likeness (QED) is 0.575. The normalized spacial score (nSPS) is 11.1. The maximum absolute atomic E-state index is 10.2. The van der Waals surface area contributed by atoms with Gasteiger partial charge in [0.2, 0.25) is 0 Å². The van der Waals surface area contributed by atoms with Crippen LogP contribution in [-0.2, 0) is 14.2 Å². The first-order valence-corrected chi connectivity index (χ1v) is 2.63. The van der Waals surface area contributed by atoms with Crippen LogP contribution in [0.25, 0.3) is 0 Å². The molecule has 0 aromatic carbocycles. The number of hydrogen-bond acceptors (Lipinski definition) is 4. The average Bonchev–Trinajstić information content (AvgIpc) is 1.87. The van der Waals surface area contributed by atoms with Crippen LogP contribution in [0.3, 0.4) is 0 Å². The second-order valence-electron chi connectivity index (χ2n) is 1.69. The number of primary amides is 1. The van der Waals surface area contributed by atoms with E-state index in [2.05, 4.69) is 14.2 Å². The van der Waals surface area contributed by atoms with Crippen molar-refractivity contribution < 1.29 is 19.0 Å². The van der Waals surface area contributed by atoms with Crippen LogP contribution < -0.4 is 5.73 Å². The zero-order chi connectivity index (χ0) is 8.20. The van der Waals surface area contributed by atoms with Crippen molar-refractivity contribution in [3.05, 3.63) is 0 Å². The van der Waals surface area contributed by atoms with E-state index < -0.39 is 12.1 Å². The summed E-state index contributed by atoms with van der Waals surface area (Å²) in [6, 6.07) is 0. The smallest absolute Gasteiger partial charge is 0.392 e. The first kappa shape index (κ1) is 9.19. The van der Waals surface area contributed by atoms with Gasteiger partial charge in [0, 0.05) is 21.1 Å². The van der Waals surface area contributed by atoms with E-state index in [0.717, 1.165) is 0 Å². The van der Waals surface area contributed by atoms with Gasteiger partial charge in [-0.25, -0.2) is 4.79 Å². The SMILES string of the molecule is COC(C)(OC)OC(N)=O. The summed E-state index contributed by atoms with van der Waals surface area (Å²) in [6.45, 7) is 1.43. The van der Waals surface area contributed by atoms with Gasteiger partial charge in [-0.1, -0.05) is 0 Å². The van der Waals surface area contributed by atoms with E-state index in [9.17, 15) is 4.79 Å². The molecule has 0 unspecified atom stereocenters. The Bertz CT molecular complexity index is 121. The van der Waals surface area contributed by atoms with Crippen LogP contribution in [0.2, 0.25) is 0 Å². The molecule has 0 bridgehead atoms. The predicted molar refractivity (Wildman–Crippen MR) is 33.1 cm³/mol. The zero-order valence-corrected chi connectivity index (χ0v) is 6.21. The maximum Gasteiger partial charge on any atom is 0.408 e. The molecular formula is C5H11NO4. The number of hydrogen-bond donors (Lipinski definition) is 1. The number of rotatable bonds is 3. The summed E-state index contributed by atoms with van der Waals surface area (Å²) in [5.41, 5.74) is 4.71. The van der Waals surface area contributed by atoms with Crippen molar-refractivity contribution in [2.75, 3.05) is 14.2 Å². The highest BCUT2D eigenvalue weighted by molar-refractivity contribution is 5.64. The molecule has 0 atom stereocenters. The number of ether oxygens (including phenoxy) is 3. The molecule has 60 valence electrons. The van der Waals surface area contributed by atoms with Crippen LogP contribution in [0.5, 0.6) is 0 Å². The van der Waals surface area contributed by atoms with E-state index in [4.69, 9.17) is 5.73 Å². The Labute approximate surface area is 59.0 Å². The molecule has 0 radical (unpaired) electrons. The number of carbonyl (C=O) groups excluding carboxylic acids is 1. The summed E-state index contributed by atoms with van der Waals surface area (Å²) < 4.78 is 13.7. The predicted octanol–water partition coefficient (Wildman–Crippen LogP) is 0.0482. The van der Waals surface area contributed by atoms with E-state index in [-0.39, 0.29) is 0 Å². The monoisotopic (exact) mass is 149 g/mol. The minimum absolute atomic E-state index is 0.939. The van der Waals surface area contributed by atoms with Gasteiger partial charge >= 0.3 is 12.1 Å². The van der Waals surface area contributed by atoms with Crippen molar-refractivity contribution in [1.82, 2.24) is 0 Å². The van der Waals surface area contributed by atoms with Gasteiger partial charge in [0.05, 0.1) is 0 Å². The number of methoxy groups -OCH3 is 2. The summed E-state index contributed by atoms with van der Waals surface area (Å²) in [6.07, 6.45) is -0.939. The second kappa shape index (κ2) is 3.38. The second-order valence-corrected chi connectivity index (χ2v) is 1.69. The molecule has 0 aliphatic rings. The lowest BCUT2D eigenvalue weighted by Gasteiger charge is -2.23. The molecule has 0 heterocycles. The van der Waals surface area contributed by atoms with Gasteiger partial charge in [-0.05, 0) is 0 Å². The fourth-order valence-corrected chi connectivity index (χ4v) is 0.349. The molecule has 2 N–H and O–H groups in total. The summed E-state index contributed by atoms with van der Waals surface area (Å²) in [5, 5.41) is 0. The van der Waals surface area contributed by atoms with Crippen molar-refractivity contribution in [2.45, 2.75) is 12.9 Å². The third-order valence-electron chi connectivity index (χ3n) is 1.03. The van der Waals surface area contributed by atoms with Crippen LogP contribution >= 0.6 is 0 Å². The van der Waals surface area contributed by atoms with E-state index in [0.29, 0.717) is 0 Å². The molecule has 0 aliphatic carbocycles. The standard InChI is InChI=1S/C5H11NO4/c1-5(8-2,9-3)10-4(6)7/h1-3H3,(H2,6,7). The largest absolute Gasteiger partial charge is 0.408 e. The van der Waals surface area contributed by atoms with Crippen molar-refractivity contribution in [3.8, 4) is 0 Å². The van der Waals surface area contributed by atoms with Gasteiger partial charge < -0.3 is 19.9 Å². The van der Waals surface area contributed by atoms with Gasteiger partial charge in [0.1, 0.15) is 0 Å². The first-order chi connectivity index (χ1) is 4.54. The highest BCUT2D eigenvalue weighted by Gasteiger charge is 2.26. The lowest BCUT2D eigenvalue weighted by Crippen LogP contribution is -2.37. The molecule has 5 nitrogen and oxygen atoms in total. The van der Waals surface area contributed by atoms with Crippen molar-refractivity contribution in [2.24, 2.45) is 5.73 Å². The van der Waals surface area contributed by atoms with Crippen molar-refractivity contribution in [1.29, 1.82) is 0 Å². The zero-order valence-electron chi connectivity index (χ0n) is 6.21. The molecule has 0 saturated carbocycles. The van der Waals surface area contributed by atoms with E-state index >= 15 is 0 Å². The Hall–Kier alpha value is -0.810. The van der Waals surface area contributed by atoms with Crippen LogP contribution in [0, 0.1) is 0 Å². The van der Waals surface area contributed by atoms with Crippen LogP contribution in [0.15, 0.2) is 0 Å². The Kier molecular flexibility index (Phi) is 3.11. The van der Waals surface area contributed by atoms with E-state index in [1.807, 2.05) is 0 Å². The van der Waals surface area contributed by atoms with Gasteiger partial charge in [-0.2, -0.15) is 0 Å². The maximum atomic E-state index is 10.2. The number of carbonyl (C=O) groups is 1. The van der Waals surface area contributed by atoms with Crippen molar-refractivity contribution in [3.63, 3.8) is 0 Å². The molecule has 1 amide bonds. The molecule has 0 aromatic heterocycles. The first-order valence-electron chi connectivity index (χ1n) is 2.63. The molecule has 5 heteroatoms. The Morgan fingerprint density at radius 2 is 1.80 bits per heavy atom. The molecule has 10 heavy (non-hydrogen) atoms. The fourth-order valence-electron chi connectivity index (χ4n) is 0.349. The van der Waals surface area contributed by atoms with E-state index in [1.165, 1.54) is 21.1 Å². The lowest BCUT2D eigenvalue weighted by molar-refractivity contribution is -0.321. The fraction of sp³-hybridized carbons (Fsp3) is 0.800. The molecule has 0 saturated heterocycles. The van der Waals surface area contributed by atoms with Gasteiger partial charge in [-0.3, -0.25) is 0 Å². The molecular weight excluding hydrogens is 138 g/mol. The van der Waals surface area contributed by atoms with Crippen molar-refractivity contribution >= 4 is 6.09 Å². The molecule has 0 aliphatic heterocycles. The van der Waals surface area contributed by atoms with E-state index in [1.54, 1.807) is 0 Å². The third-order valence-corrected chi connectivity index (χ3v) is 1.03. The van der Waals surface area contributed by atoms with Gasteiger partial charge in [-0.15, -0.1) is 0 Å². The number of amides is 1. The third kappa shape index (κ3) is 2.65. The topological polar surface area (TPSA) is 70.8 Å². The minimum atomic E-state index is -1.37. The van der Waals surface area contributed by atoms with Crippen LogP contribution in [-0.4, -0.2) is 26.3 Å². The molecule has 0 aromatic rings. The lowest BCUT2D eigenvalue weighted by atomic mass is 10.6. The Balaban J connectivity index is 3.92. The summed E-state index contributed by atoms with van der Waals surface area (Å²) >= 11 is 0. The summed E-state index contributed by atoms with van der Waals surface area (Å²) in [5.74, 6) is -1.37. The van der Waals surface area contributed by atoms with Crippen LogP contribution in [0.1, 0.15) is 6.92 Å². The van der Waals surface area contributed by atoms with Crippen LogP contribution in [0.4, 0.5) is 4.79 Å². The molecule has 0 fully saturated rings. The highest BCUT2D eigenvalue weighted by Crippen LogP contribution is 2.10. The van der Waals surface area contributed by atoms with Gasteiger partial charge in [0.25, 0.3) is 0 Å². The molecule has 0 rings (SSSR count).